The standard InChI is InChI=1S/C12H13N3O2/c1-3-11-12(14-13-8-15(11)16)9-4-6-10(17-2)7-5-9/h4-8H,3H2,1-2H3. The van der Waals surface area contributed by atoms with Crippen LogP contribution in [-0.4, -0.2) is 17.3 Å². The molecule has 5 heteroatoms. The molecule has 0 amide bonds. The van der Waals surface area contributed by atoms with Crippen molar-refractivity contribution in [2.45, 2.75) is 13.3 Å². The minimum Gasteiger partial charge on any atom is -0.711 e. The molecule has 0 unspecified atom stereocenters. The molecule has 2 rings (SSSR count). The highest BCUT2D eigenvalue weighted by molar-refractivity contribution is 5.61. The number of ether oxygens (including phenoxy) is 1. The number of hydrogen-bond donors (Lipinski definition) is 0. The molecule has 0 spiro atoms. The van der Waals surface area contributed by atoms with E-state index in [1.54, 1.807) is 7.11 Å². The van der Waals surface area contributed by atoms with Gasteiger partial charge in [-0.2, -0.15) is 0 Å². The summed E-state index contributed by atoms with van der Waals surface area (Å²) in [6, 6.07) is 7.39. The first-order chi connectivity index (χ1) is 8.26. The minimum absolute atomic E-state index is 0.611. The third-order valence-corrected chi connectivity index (χ3v) is 2.55. The van der Waals surface area contributed by atoms with Gasteiger partial charge < -0.3 is 9.94 Å². The highest BCUT2D eigenvalue weighted by atomic mass is 16.5. The van der Waals surface area contributed by atoms with Crippen molar-refractivity contribution >= 4 is 0 Å². The van der Waals surface area contributed by atoms with Gasteiger partial charge in [0.15, 0.2) is 5.69 Å². The average Bonchev–Trinajstić information content (AvgIpc) is 2.38. The average molecular weight is 231 g/mol. The summed E-state index contributed by atoms with van der Waals surface area (Å²) in [4.78, 5) is 0. The largest absolute Gasteiger partial charge is 0.711 e. The van der Waals surface area contributed by atoms with Crippen LogP contribution < -0.4 is 9.47 Å². The zero-order valence-corrected chi connectivity index (χ0v) is 9.75. The zero-order valence-electron chi connectivity index (χ0n) is 9.75. The van der Waals surface area contributed by atoms with Crippen molar-refractivity contribution in [1.29, 1.82) is 0 Å². The van der Waals surface area contributed by atoms with E-state index in [2.05, 4.69) is 10.2 Å². The predicted octanol–water partition coefficient (Wildman–Crippen LogP) is 1.35. The molecule has 1 heterocycles. The highest BCUT2D eigenvalue weighted by Crippen LogP contribution is 2.21. The van der Waals surface area contributed by atoms with Crippen molar-refractivity contribution in [3.05, 3.63) is 41.5 Å². The molecule has 0 aliphatic heterocycles. The van der Waals surface area contributed by atoms with Crippen molar-refractivity contribution in [3.63, 3.8) is 0 Å². The van der Waals surface area contributed by atoms with Gasteiger partial charge in [0, 0.05) is 12.0 Å². The van der Waals surface area contributed by atoms with Crippen molar-refractivity contribution in [1.82, 2.24) is 10.2 Å². The lowest BCUT2D eigenvalue weighted by atomic mass is 10.1. The van der Waals surface area contributed by atoms with E-state index >= 15 is 0 Å². The highest BCUT2D eigenvalue weighted by Gasteiger charge is 2.12. The van der Waals surface area contributed by atoms with E-state index in [0.717, 1.165) is 16.0 Å². The van der Waals surface area contributed by atoms with Crippen LogP contribution in [0.2, 0.25) is 0 Å². The molecule has 0 N–H and O–H groups in total. The SMILES string of the molecule is CCc1c(-c2ccc(OC)cc2)nnc[n+]1[O-]. The van der Waals surface area contributed by atoms with Gasteiger partial charge in [-0.15, -0.1) is 0 Å². The smallest absolute Gasteiger partial charge is 0.317 e. The number of nitrogens with zero attached hydrogens (tertiary/aromatic N) is 3. The van der Waals surface area contributed by atoms with Crippen LogP contribution >= 0.6 is 0 Å². The fraction of sp³-hybridized carbons (Fsp3) is 0.250. The lowest BCUT2D eigenvalue weighted by Crippen LogP contribution is -2.33. The predicted molar refractivity (Wildman–Crippen MR) is 62.4 cm³/mol. The zero-order chi connectivity index (χ0) is 12.3. The monoisotopic (exact) mass is 231 g/mol. The molecule has 0 saturated carbocycles. The maximum Gasteiger partial charge on any atom is 0.317 e. The Morgan fingerprint density at radius 3 is 2.59 bits per heavy atom. The molecule has 0 aliphatic carbocycles. The molecule has 1 aromatic carbocycles. The maximum atomic E-state index is 11.6. The van der Waals surface area contributed by atoms with Gasteiger partial charge in [-0.05, 0) is 29.4 Å². The van der Waals surface area contributed by atoms with Gasteiger partial charge in [-0.1, -0.05) is 6.92 Å². The van der Waals surface area contributed by atoms with Crippen molar-refractivity contribution in [2.75, 3.05) is 7.11 Å². The van der Waals surface area contributed by atoms with Gasteiger partial charge in [0.2, 0.25) is 0 Å². The molecule has 5 nitrogen and oxygen atoms in total. The Balaban J connectivity index is 2.48. The molecule has 0 fully saturated rings. The van der Waals surface area contributed by atoms with Gasteiger partial charge in [-0.25, -0.2) is 4.73 Å². The Bertz CT molecular complexity index is 512. The summed E-state index contributed by atoms with van der Waals surface area (Å²) >= 11 is 0. The number of benzene rings is 1. The second-order valence-corrected chi connectivity index (χ2v) is 3.53. The normalized spacial score (nSPS) is 10.2. The first-order valence-electron chi connectivity index (χ1n) is 5.34. The summed E-state index contributed by atoms with van der Waals surface area (Å²) in [7, 11) is 1.61. The van der Waals surface area contributed by atoms with Crippen LogP contribution in [0.4, 0.5) is 0 Å². The van der Waals surface area contributed by atoms with Crippen LogP contribution in [0.15, 0.2) is 30.6 Å². The van der Waals surface area contributed by atoms with Crippen molar-refractivity contribution in [3.8, 4) is 17.0 Å². The van der Waals surface area contributed by atoms with Crippen molar-refractivity contribution < 1.29 is 9.47 Å². The van der Waals surface area contributed by atoms with Gasteiger partial charge in [0.25, 0.3) is 0 Å². The molecule has 17 heavy (non-hydrogen) atoms. The third-order valence-electron chi connectivity index (χ3n) is 2.55. The van der Waals surface area contributed by atoms with Crippen molar-refractivity contribution in [2.24, 2.45) is 0 Å². The van der Waals surface area contributed by atoms with Crippen LogP contribution in [0.5, 0.6) is 5.75 Å². The van der Waals surface area contributed by atoms with E-state index in [4.69, 9.17) is 4.74 Å². The Morgan fingerprint density at radius 2 is 2.00 bits per heavy atom. The maximum absolute atomic E-state index is 11.6. The number of methoxy groups -OCH3 is 1. The summed E-state index contributed by atoms with van der Waals surface area (Å²) < 4.78 is 5.84. The van der Waals surface area contributed by atoms with E-state index in [1.165, 1.54) is 6.33 Å². The van der Waals surface area contributed by atoms with Gasteiger partial charge in [0.1, 0.15) is 11.4 Å². The Kier molecular flexibility index (Phi) is 3.18. The summed E-state index contributed by atoms with van der Waals surface area (Å²) in [5.74, 6) is 0.769. The number of rotatable bonds is 3. The van der Waals surface area contributed by atoms with Crippen LogP contribution in [-0.2, 0) is 6.42 Å². The van der Waals surface area contributed by atoms with E-state index in [1.807, 2.05) is 31.2 Å². The third kappa shape index (κ3) is 2.18. The second kappa shape index (κ2) is 4.78. The van der Waals surface area contributed by atoms with E-state index < -0.39 is 0 Å². The molecule has 0 bridgehead atoms. The van der Waals surface area contributed by atoms with E-state index in [-0.39, 0.29) is 0 Å². The molecule has 2 aromatic rings. The molecule has 0 saturated heterocycles. The molecule has 0 aliphatic rings. The lowest BCUT2D eigenvalue weighted by Gasteiger charge is -2.09. The van der Waals surface area contributed by atoms with E-state index in [0.29, 0.717) is 17.8 Å². The topological polar surface area (TPSA) is 62.0 Å². The summed E-state index contributed by atoms with van der Waals surface area (Å²) in [5, 5.41) is 19.3. The Labute approximate surface area is 99.3 Å². The Hall–Kier alpha value is -2.17. The second-order valence-electron chi connectivity index (χ2n) is 3.53. The fourth-order valence-corrected chi connectivity index (χ4v) is 1.66. The van der Waals surface area contributed by atoms with Crippen LogP contribution in [0, 0.1) is 5.21 Å². The first-order valence-corrected chi connectivity index (χ1v) is 5.34. The molecular formula is C12H13N3O2. The molecule has 0 radical (unpaired) electrons. The summed E-state index contributed by atoms with van der Waals surface area (Å²) in [6.45, 7) is 1.92. The summed E-state index contributed by atoms with van der Waals surface area (Å²) in [6.07, 6.45) is 1.78. The molecule has 0 atom stereocenters. The van der Waals surface area contributed by atoms with Gasteiger partial charge in [-0.3, -0.25) is 0 Å². The molecule has 88 valence electrons. The van der Waals surface area contributed by atoms with Crippen LogP contribution in [0.25, 0.3) is 11.3 Å². The summed E-state index contributed by atoms with van der Waals surface area (Å²) in [5.41, 5.74) is 2.10. The van der Waals surface area contributed by atoms with Crippen LogP contribution in [0.1, 0.15) is 12.6 Å². The fourth-order valence-electron chi connectivity index (χ4n) is 1.66. The molecular weight excluding hydrogens is 218 g/mol. The first kappa shape index (κ1) is 11.3. The Morgan fingerprint density at radius 1 is 1.29 bits per heavy atom. The van der Waals surface area contributed by atoms with Gasteiger partial charge >= 0.3 is 6.33 Å². The van der Waals surface area contributed by atoms with Gasteiger partial charge in [0.05, 0.1) is 12.2 Å². The lowest BCUT2D eigenvalue weighted by molar-refractivity contribution is -0.617. The van der Waals surface area contributed by atoms with Crippen LogP contribution in [0.3, 0.4) is 0 Å². The number of aromatic nitrogens is 3. The minimum atomic E-state index is 0.611. The quantitative estimate of drug-likeness (QED) is 0.591. The van der Waals surface area contributed by atoms with E-state index in [9.17, 15) is 5.21 Å². The molecule has 1 aromatic heterocycles. The number of hydrogen-bond acceptors (Lipinski definition) is 4.